The fraction of sp³-hybridized carbons (Fsp3) is 0.400. The summed E-state index contributed by atoms with van der Waals surface area (Å²) in [5.41, 5.74) is 2.05. The van der Waals surface area contributed by atoms with Crippen LogP contribution in [-0.4, -0.2) is 47.6 Å². The lowest BCUT2D eigenvalue weighted by Gasteiger charge is -2.26. The van der Waals surface area contributed by atoms with Crippen LogP contribution in [0.3, 0.4) is 0 Å². The monoisotopic (exact) mass is 305 g/mol. The molecule has 0 spiro atoms. The van der Waals surface area contributed by atoms with Gasteiger partial charge in [0.05, 0.1) is 13.7 Å². The van der Waals surface area contributed by atoms with Crippen LogP contribution in [0.1, 0.15) is 5.69 Å². The van der Waals surface area contributed by atoms with Crippen molar-refractivity contribution in [2.24, 2.45) is 0 Å². The second-order valence-electron chi connectivity index (χ2n) is 5.01. The summed E-state index contributed by atoms with van der Waals surface area (Å²) in [7, 11) is 1.66. The second kappa shape index (κ2) is 6.30. The summed E-state index contributed by atoms with van der Waals surface area (Å²) in [6.07, 6.45) is 0. The maximum Gasteiger partial charge on any atom is 0.317 e. The van der Waals surface area contributed by atoms with E-state index in [0.29, 0.717) is 6.54 Å². The smallest absolute Gasteiger partial charge is 0.317 e. The molecule has 0 atom stereocenters. The summed E-state index contributed by atoms with van der Waals surface area (Å²) in [6, 6.07) is 7.96. The number of carbonyl (C=O) groups is 1. The molecule has 0 radical (unpaired) electrons. The minimum Gasteiger partial charge on any atom is -0.497 e. The number of thioether (sulfide) groups is 1. The summed E-state index contributed by atoms with van der Waals surface area (Å²) in [5, 5.41) is 4.06. The fourth-order valence-electron chi connectivity index (χ4n) is 2.44. The molecule has 0 aliphatic carbocycles. The molecule has 21 heavy (non-hydrogen) atoms. The van der Waals surface area contributed by atoms with E-state index in [-0.39, 0.29) is 6.03 Å². The third kappa shape index (κ3) is 3.26. The SMILES string of the molecule is COc1ccc2[nH]c(CNC(=O)N3CCSCC3)cc2c1. The number of nitrogens with zero attached hydrogens (tertiary/aromatic N) is 1. The predicted octanol–water partition coefficient (Wildman–Crippen LogP) is 2.43. The molecule has 1 saturated heterocycles. The van der Waals surface area contributed by atoms with E-state index in [0.717, 1.165) is 46.9 Å². The van der Waals surface area contributed by atoms with Gasteiger partial charge in [0, 0.05) is 41.2 Å². The van der Waals surface area contributed by atoms with Gasteiger partial charge in [0.15, 0.2) is 0 Å². The number of methoxy groups -OCH3 is 1. The first-order valence-electron chi connectivity index (χ1n) is 7.02. The van der Waals surface area contributed by atoms with Crippen molar-refractivity contribution in [2.45, 2.75) is 6.54 Å². The molecule has 112 valence electrons. The Kier molecular flexibility index (Phi) is 4.24. The number of hydrogen-bond donors (Lipinski definition) is 2. The van der Waals surface area contributed by atoms with Crippen LogP contribution in [-0.2, 0) is 6.54 Å². The third-order valence-corrected chi connectivity index (χ3v) is 4.55. The summed E-state index contributed by atoms with van der Waals surface area (Å²) < 4.78 is 5.22. The van der Waals surface area contributed by atoms with E-state index in [1.807, 2.05) is 40.9 Å². The van der Waals surface area contributed by atoms with Crippen molar-refractivity contribution in [3.05, 3.63) is 30.0 Å². The molecule has 2 N–H and O–H groups in total. The van der Waals surface area contributed by atoms with Crippen molar-refractivity contribution < 1.29 is 9.53 Å². The van der Waals surface area contributed by atoms with Crippen LogP contribution in [0.5, 0.6) is 5.75 Å². The number of urea groups is 1. The first-order chi connectivity index (χ1) is 10.3. The molecule has 5 nitrogen and oxygen atoms in total. The minimum absolute atomic E-state index is 0.0199. The number of rotatable bonds is 3. The highest BCUT2D eigenvalue weighted by Gasteiger charge is 2.16. The van der Waals surface area contributed by atoms with E-state index in [9.17, 15) is 4.79 Å². The van der Waals surface area contributed by atoms with Crippen LogP contribution < -0.4 is 10.1 Å². The van der Waals surface area contributed by atoms with Crippen LogP contribution >= 0.6 is 11.8 Å². The Hall–Kier alpha value is -1.82. The molecule has 3 rings (SSSR count). The van der Waals surface area contributed by atoms with Crippen molar-refractivity contribution in [1.29, 1.82) is 0 Å². The molecule has 2 amide bonds. The molecule has 2 heterocycles. The molecule has 6 heteroatoms. The Balaban J connectivity index is 1.63. The molecule has 0 saturated carbocycles. The topological polar surface area (TPSA) is 57.4 Å². The first kappa shape index (κ1) is 14.1. The molecule has 1 aromatic heterocycles. The van der Waals surface area contributed by atoms with Gasteiger partial charge in [-0.15, -0.1) is 0 Å². The molecule has 2 aromatic rings. The van der Waals surface area contributed by atoms with Gasteiger partial charge >= 0.3 is 6.03 Å². The van der Waals surface area contributed by atoms with Gasteiger partial charge in [-0.2, -0.15) is 11.8 Å². The number of aromatic nitrogens is 1. The van der Waals surface area contributed by atoms with E-state index >= 15 is 0 Å². The molecule has 1 aliphatic heterocycles. The zero-order valence-electron chi connectivity index (χ0n) is 12.0. The molecule has 1 aromatic carbocycles. The number of nitrogens with one attached hydrogen (secondary N) is 2. The number of hydrogen-bond acceptors (Lipinski definition) is 3. The van der Waals surface area contributed by atoms with E-state index in [4.69, 9.17) is 4.74 Å². The highest BCUT2D eigenvalue weighted by molar-refractivity contribution is 7.99. The predicted molar refractivity (Wildman–Crippen MR) is 86.0 cm³/mol. The van der Waals surface area contributed by atoms with Gasteiger partial charge in [-0.3, -0.25) is 0 Å². The van der Waals surface area contributed by atoms with Gasteiger partial charge in [-0.05, 0) is 24.3 Å². The van der Waals surface area contributed by atoms with Gasteiger partial charge in [0.25, 0.3) is 0 Å². The number of carbonyl (C=O) groups excluding carboxylic acids is 1. The molecule has 1 aliphatic rings. The third-order valence-electron chi connectivity index (χ3n) is 3.61. The van der Waals surface area contributed by atoms with Gasteiger partial charge in [0.2, 0.25) is 0 Å². The van der Waals surface area contributed by atoms with Crippen molar-refractivity contribution >= 4 is 28.7 Å². The Labute approximate surface area is 128 Å². The number of amides is 2. The zero-order chi connectivity index (χ0) is 14.7. The molecular weight excluding hydrogens is 286 g/mol. The number of benzene rings is 1. The summed E-state index contributed by atoms with van der Waals surface area (Å²) >= 11 is 1.90. The second-order valence-corrected chi connectivity index (χ2v) is 6.23. The molecule has 0 unspecified atom stereocenters. The average Bonchev–Trinajstić information content (AvgIpc) is 2.95. The quantitative estimate of drug-likeness (QED) is 0.915. The van der Waals surface area contributed by atoms with E-state index in [2.05, 4.69) is 10.3 Å². The lowest BCUT2D eigenvalue weighted by atomic mass is 10.2. The first-order valence-corrected chi connectivity index (χ1v) is 8.18. The van der Waals surface area contributed by atoms with Gasteiger partial charge in [-0.1, -0.05) is 0 Å². The summed E-state index contributed by atoms with van der Waals surface area (Å²) in [6.45, 7) is 2.18. The van der Waals surface area contributed by atoms with E-state index in [1.54, 1.807) is 7.11 Å². The number of aromatic amines is 1. The van der Waals surface area contributed by atoms with Crippen molar-refractivity contribution in [2.75, 3.05) is 31.7 Å². The van der Waals surface area contributed by atoms with Crippen LogP contribution in [0, 0.1) is 0 Å². The largest absolute Gasteiger partial charge is 0.497 e. The van der Waals surface area contributed by atoms with Gasteiger partial charge in [0.1, 0.15) is 5.75 Å². The Morgan fingerprint density at radius 3 is 2.95 bits per heavy atom. The van der Waals surface area contributed by atoms with Crippen molar-refractivity contribution in [3.63, 3.8) is 0 Å². The Morgan fingerprint density at radius 2 is 2.19 bits per heavy atom. The summed E-state index contributed by atoms with van der Waals surface area (Å²) in [5.74, 6) is 2.89. The van der Waals surface area contributed by atoms with Gasteiger partial charge < -0.3 is 19.9 Å². The van der Waals surface area contributed by atoms with E-state index in [1.165, 1.54) is 0 Å². The van der Waals surface area contributed by atoms with Crippen molar-refractivity contribution in [3.8, 4) is 5.75 Å². The Morgan fingerprint density at radius 1 is 1.38 bits per heavy atom. The van der Waals surface area contributed by atoms with Gasteiger partial charge in [-0.25, -0.2) is 4.79 Å². The minimum atomic E-state index is 0.0199. The Bertz CT molecular complexity index is 635. The molecular formula is C15H19N3O2S. The fourth-order valence-corrected chi connectivity index (χ4v) is 3.35. The van der Waals surface area contributed by atoms with Crippen LogP contribution in [0.2, 0.25) is 0 Å². The lowest BCUT2D eigenvalue weighted by Crippen LogP contribution is -2.44. The normalized spacial score (nSPS) is 15.2. The maximum atomic E-state index is 12.1. The lowest BCUT2D eigenvalue weighted by molar-refractivity contribution is 0.202. The number of fused-ring (bicyclic) bond motifs is 1. The van der Waals surface area contributed by atoms with Crippen LogP contribution in [0.4, 0.5) is 4.79 Å². The van der Waals surface area contributed by atoms with E-state index < -0.39 is 0 Å². The maximum absolute atomic E-state index is 12.1. The standard InChI is InChI=1S/C15H19N3O2S/c1-20-13-2-3-14-11(9-13)8-12(17-14)10-16-15(19)18-4-6-21-7-5-18/h2-3,8-9,17H,4-7,10H2,1H3,(H,16,19). The zero-order valence-corrected chi connectivity index (χ0v) is 12.8. The van der Waals surface area contributed by atoms with Crippen LogP contribution in [0.15, 0.2) is 24.3 Å². The molecule has 1 fully saturated rings. The number of H-pyrrole nitrogens is 1. The number of ether oxygens (including phenoxy) is 1. The summed E-state index contributed by atoms with van der Waals surface area (Å²) in [4.78, 5) is 17.2. The molecule has 0 bridgehead atoms. The highest BCUT2D eigenvalue weighted by atomic mass is 32.2. The van der Waals surface area contributed by atoms with Crippen molar-refractivity contribution in [1.82, 2.24) is 15.2 Å². The average molecular weight is 305 g/mol. The van der Waals surface area contributed by atoms with Crippen LogP contribution in [0.25, 0.3) is 10.9 Å². The highest BCUT2D eigenvalue weighted by Crippen LogP contribution is 2.21.